The molecule has 2 aromatic carbocycles. The van der Waals surface area contributed by atoms with Crippen LogP contribution in [0.2, 0.25) is 0 Å². The van der Waals surface area contributed by atoms with Gasteiger partial charge in [-0.05, 0) is 55.3 Å². The maximum atomic E-state index is 12.4. The lowest BCUT2D eigenvalue weighted by Crippen LogP contribution is -2.16. The van der Waals surface area contributed by atoms with E-state index in [1.807, 2.05) is 0 Å². The van der Waals surface area contributed by atoms with Crippen LogP contribution in [0.25, 0.3) is 0 Å². The zero-order valence-electron chi connectivity index (χ0n) is 14.9. The highest BCUT2D eigenvalue weighted by molar-refractivity contribution is 6.07. The first-order valence-corrected chi connectivity index (χ1v) is 8.64. The summed E-state index contributed by atoms with van der Waals surface area (Å²) in [6.07, 6.45) is 2.17. The van der Waals surface area contributed by atoms with Crippen molar-refractivity contribution in [1.29, 1.82) is 0 Å². The summed E-state index contributed by atoms with van der Waals surface area (Å²) in [7, 11) is 1.45. The maximum Gasteiger partial charge on any atom is 0.337 e. The Balaban J connectivity index is 1.64. The van der Waals surface area contributed by atoms with Crippen LogP contribution in [0.4, 0.5) is 5.69 Å². The van der Waals surface area contributed by atoms with E-state index in [0.29, 0.717) is 23.7 Å². The molecule has 0 radical (unpaired) electrons. The Kier molecular flexibility index (Phi) is 5.93. The lowest BCUT2D eigenvalue weighted by Gasteiger charge is -2.12. The fourth-order valence-electron chi connectivity index (χ4n) is 2.80. The maximum absolute atomic E-state index is 12.4. The average molecular weight is 371 g/mol. The van der Waals surface area contributed by atoms with Crippen LogP contribution in [0.5, 0.6) is 11.5 Å². The molecule has 1 unspecified atom stereocenters. The van der Waals surface area contributed by atoms with Crippen molar-refractivity contribution in [3.05, 3.63) is 53.6 Å². The van der Waals surface area contributed by atoms with Gasteiger partial charge < -0.3 is 24.6 Å². The van der Waals surface area contributed by atoms with E-state index < -0.39 is 11.9 Å². The second-order valence-electron chi connectivity index (χ2n) is 6.14. The molecule has 1 aliphatic rings. The van der Waals surface area contributed by atoms with Crippen LogP contribution in [-0.4, -0.2) is 43.4 Å². The van der Waals surface area contributed by atoms with Crippen LogP contribution in [0.3, 0.4) is 0 Å². The van der Waals surface area contributed by atoms with E-state index in [9.17, 15) is 14.7 Å². The summed E-state index contributed by atoms with van der Waals surface area (Å²) < 4.78 is 16.2. The standard InChI is InChI=1S/C20H21NO6/c1-25-15-8-9-18(17(11-15)20(23)24)21-19(22)13-4-6-14(7-5-13)27-12-16-3-2-10-26-16/h4-9,11,16H,2-3,10,12H2,1H3,(H,21,22)(H,23,24). The molecule has 27 heavy (non-hydrogen) atoms. The van der Waals surface area contributed by atoms with Crippen molar-refractivity contribution in [3.8, 4) is 11.5 Å². The highest BCUT2D eigenvalue weighted by Crippen LogP contribution is 2.23. The first kappa shape index (κ1) is 18.7. The van der Waals surface area contributed by atoms with Gasteiger partial charge in [-0.15, -0.1) is 0 Å². The van der Waals surface area contributed by atoms with Crippen molar-refractivity contribution in [2.24, 2.45) is 0 Å². The summed E-state index contributed by atoms with van der Waals surface area (Å²) in [6, 6.07) is 11.1. The van der Waals surface area contributed by atoms with Crippen molar-refractivity contribution >= 4 is 17.6 Å². The minimum atomic E-state index is -1.15. The van der Waals surface area contributed by atoms with E-state index in [0.717, 1.165) is 19.4 Å². The van der Waals surface area contributed by atoms with Crippen molar-refractivity contribution in [1.82, 2.24) is 0 Å². The third-order valence-corrected chi connectivity index (χ3v) is 4.28. The van der Waals surface area contributed by atoms with Gasteiger partial charge in [0.1, 0.15) is 18.1 Å². The molecule has 1 atom stereocenters. The highest BCUT2D eigenvalue weighted by atomic mass is 16.5. The topological polar surface area (TPSA) is 94.1 Å². The third-order valence-electron chi connectivity index (χ3n) is 4.28. The fraction of sp³-hybridized carbons (Fsp3) is 0.300. The molecular formula is C20H21NO6. The molecule has 7 nitrogen and oxygen atoms in total. The number of rotatable bonds is 7. The van der Waals surface area contributed by atoms with E-state index in [-0.39, 0.29) is 17.4 Å². The Hall–Kier alpha value is -3.06. The number of ether oxygens (including phenoxy) is 3. The molecule has 0 aromatic heterocycles. The molecule has 7 heteroatoms. The molecule has 3 rings (SSSR count). The van der Waals surface area contributed by atoms with Gasteiger partial charge in [-0.1, -0.05) is 0 Å². The molecule has 1 heterocycles. The number of carboxylic acid groups (broad SMARTS) is 1. The van der Waals surface area contributed by atoms with Crippen LogP contribution in [0.1, 0.15) is 33.6 Å². The SMILES string of the molecule is COc1ccc(NC(=O)c2ccc(OCC3CCCO3)cc2)c(C(=O)O)c1. The van der Waals surface area contributed by atoms with Crippen molar-refractivity contribution in [2.45, 2.75) is 18.9 Å². The minimum Gasteiger partial charge on any atom is -0.497 e. The summed E-state index contributed by atoms with van der Waals surface area (Å²) in [5.74, 6) is -0.508. The summed E-state index contributed by atoms with van der Waals surface area (Å²) in [4.78, 5) is 23.8. The minimum absolute atomic E-state index is 0.0424. The number of anilines is 1. The van der Waals surface area contributed by atoms with Crippen LogP contribution < -0.4 is 14.8 Å². The molecule has 1 saturated heterocycles. The number of benzene rings is 2. The Morgan fingerprint density at radius 1 is 1.19 bits per heavy atom. The summed E-state index contributed by atoms with van der Waals surface area (Å²) in [5.41, 5.74) is 0.554. The molecule has 0 aliphatic carbocycles. The number of aromatic carboxylic acids is 1. The smallest absolute Gasteiger partial charge is 0.337 e. The highest BCUT2D eigenvalue weighted by Gasteiger charge is 2.17. The number of hydrogen-bond donors (Lipinski definition) is 2. The lowest BCUT2D eigenvalue weighted by molar-refractivity contribution is 0.0679. The van der Waals surface area contributed by atoms with Gasteiger partial charge in [0.15, 0.2) is 0 Å². The van der Waals surface area contributed by atoms with Gasteiger partial charge in [-0.2, -0.15) is 0 Å². The van der Waals surface area contributed by atoms with Gasteiger partial charge >= 0.3 is 5.97 Å². The fourth-order valence-corrected chi connectivity index (χ4v) is 2.80. The Labute approximate surface area is 156 Å². The normalized spacial score (nSPS) is 16.0. The number of carbonyl (C=O) groups excluding carboxylic acids is 1. The summed E-state index contributed by atoms with van der Waals surface area (Å²) >= 11 is 0. The number of hydrogen-bond acceptors (Lipinski definition) is 5. The Bertz CT molecular complexity index is 812. The lowest BCUT2D eigenvalue weighted by atomic mass is 10.1. The second kappa shape index (κ2) is 8.55. The molecule has 2 aromatic rings. The zero-order valence-corrected chi connectivity index (χ0v) is 14.9. The Morgan fingerprint density at radius 3 is 2.56 bits per heavy atom. The molecule has 0 bridgehead atoms. The van der Waals surface area contributed by atoms with Crippen LogP contribution in [0, 0.1) is 0 Å². The number of nitrogens with one attached hydrogen (secondary N) is 1. The van der Waals surface area contributed by atoms with Gasteiger partial charge in [0.05, 0.1) is 24.5 Å². The Morgan fingerprint density at radius 2 is 1.93 bits per heavy atom. The van der Waals surface area contributed by atoms with E-state index in [2.05, 4.69) is 5.32 Å². The van der Waals surface area contributed by atoms with Crippen molar-refractivity contribution < 1.29 is 28.9 Å². The van der Waals surface area contributed by atoms with Gasteiger partial charge in [0.25, 0.3) is 5.91 Å². The van der Waals surface area contributed by atoms with Gasteiger partial charge in [-0.3, -0.25) is 4.79 Å². The predicted molar refractivity (Wildman–Crippen MR) is 98.8 cm³/mol. The van der Waals surface area contributed by atoms with Gasteiger partial charge in [-0.25, -0.2) is 4.79 Å². The third kappa shape index (κ3) is 4.77. The molecule has 142 valence electrons. The summed E-state index contributed by atoms with van der Waals surface area (Å²) in [5, 5.41) is 11.9. The first-order chi connectivity index (χ1) is 13.1. The monoisotopic (exact) mass is 371 g/mol. The van der Waals surface area contributed by atoms with Gasteiger partial charge in [0, 0.05) is 12.2 Å². The average Bonchev–Trinajstić information content (AvgIpc) is 3.20. The molecule has 1 aliphatic heterocycles. The quantitative estimate of drug-likeness (QED) is 0.776. The van der Waals surface area contributed by atoms with Crippen molar-refractivity contribution in [2.75, 3.05) is 25.6 Å². The van der Waals surface area contributed by atoms with Crippen LogP contribution >= 0.6 is 0 Å². The van der Waals surface area contributed by atoms with E-state index in [1.54, 1.807) is 30.3 Å². The van der Waals surface area contributed by atoms with Crippen molar-refractivity contribution in [3.63, 3.8) is 0 Å². The first-order valence-electron chi connectivity index (χ1n) is 8.64. The number of methoxy groups -OCH3 is 1. The van der Waals surface area contributed by atoms with E-state index in [1.165, 1.54) is 19.2 Å². The predicted octanol–water partition coefficient (Wildman–Crippen LogP) is 3.20. The zero-order chi connectivity index (χ0) is 19.2. The summed E-state index contributed by atoms with van der Waals surface area (Å²) in [6.45, 7) is 1.26. The number of carbonyl (C=O) groups is 2. The number of amides is 1. The molecule has 1 amide bonds. The van der Waals surface area contributed by atoms with E-state index >= 15 is 0 Å². The van der Waals surface area contributed by atoms with E-state index in [4.69, 9.17) is 14.2 Å². The second-order valence-corrected chi connectivity index (χ2v) is 6.14. The molecule has 1 fully saturated rings. The molecule has 0 saturated carbocycles. The number of carboxylic acids is 1. The molecular weight excluding hydrogens is 350 g/mol. The van der Waals surface area contributed by atoms with Crippen LogP contribution in [0.15, 0.2) is 42.5 Å². The van der Waals surface area contributed by atoms with Crippen LogP contribution in [-0.2, 0) is 4.74 Å². The molecule has 0 spiro atoms. The largest absolute Gasteiger partial charge is 0.497 e. The van der Waals surface area contributed by atoms with Gasteiger partial charge in [0.2, 0.25) is 0 Å². The molecule has 2 N–H and O–H groups in total.